The summed E-state index contributed by atoms with van der Waals surface area (Å²) in [7, 11) is 0. The predicted octanol–water partition coefficient (Wildman–Crippen LogP) is 1.43. The van der Waals surface area contributed by atoms with Crippen molar-refractivity contribution < 1.29 is 14.6 Å². The van der Waals surface area contributed by atoms with Gasteiger partial charge in [0.15, 0.2) is 0 Å². The molecule has 0 spiro atoms. The van der Waals surface area contributed by atoms with Crippen LogP contribution in [0.25, 0.3) is 0 Å². The Kier molecular flexibility index (Phi) is 4.79. The van der Waals surface area contributed by atoms with Gasteiger partial charge in [-0.05, 0) is 19.9 Å². The van der Waals surface area contributed by atoms with Crippen molar-refractivity contribution in [1.29, 1.82) is 0 Å². The molecule has 0 bridgehead atoms. The number of ether oxygens (including phenoxy) is 1. The fourth-order valence-corrected chi connectivity index (χ4v) is 1.15. The topological polar surface area (TPSA) is 58.6 Å². The fourth-order valence-electron chi connectivity index (χ4n) is 1.15. The van der Waals surface area contributed by atoms with E-state index in [1.165, 1.54) is 0 Å². The van der Waals surface area contributed by atoms with E-state index in [0.29, 0.717) is 12.1 Å². The van der Waals surface area contributed by atoms with Crippen molar-refractivity contribution in [2.45, 2.75) is 26.5 Å². The lowest BCUT2D eigenvalue weighted by Gasteiger charge is -2.09. The maximum Gasteiger partial charge on any atom is 0.246 e. The quantitative estimate of drug-likeness (QED) is 0.794. The summed E-state index contributed by atoms with van der Waals surface area (Å²) in [5.41, 5.74) is 0.695. The lowest BCUT2D eigenvalue weighted by atomic mass is 10.2. The summed E-state index contributed by atoms with van der Waals surface area (Å²) in [4.78, 5) is 11.3. The van der Waals surface area contributed by atoms with Crippen LogP contribution in [-0.2, 0) is 16.1 Å². The number of phenols is 1. The van der Waals surface area contributed by atoms with Crippen molar-refractivity contribution in [3.05, 3.63) is 29.8 Å². The summed E-state index contributed by atoms with van der Waals surface area (Å²) in [6.07, 6.45) is 0.0379. The molecule has 0 saturated heterocycles. The number of carbonyl (C=O) groups is 1. The van der Waals surface area contributed by atoms with E-state index >= 15 is 0 Å². The molecule has 1 amide bonds. The Hall–Kier alpha value is -1.55. The molecule has 1 rings (SSSR count). The highest BCUT2D eigenvalue weighted by atomic mass is 16.5. The molecule has 0 unspecified atom stereocenters. The third kappa shape index (κ3) is 4.31. The average molecular weight is 223 g/mol. The van der Waals surface area contributed by atoms with Crippen molar-refractivity contribution >= 4 is 5.91 Å². The van der Waals surface area contributed by atoms with Gasteiger partial charge in [-0.1, -0.05) is 18.2 Å². The summed E-state index contributed by atoms with van der Waals surface area (Å²) in [5, 5.41) is 12.1. The van der Waals surface area contributed by atoms with E-state index in [1.54, 1.807) is 18.2 Å². The van der Waals surface area contributed by atoms with E-state index in [9.17, 15) is 9.90 Å². The van der Waals surface area contributed by atoms with Crippen LogP contribution in [0.4, 0.5) is 0 Å². The maximum atomic E-state index is 11.3. The Bertz CT molecular complexity index is 350. The Morgan fingerprint density at radius 2 is 2.12 bits per heavy atom. The standard InChI is InChI=1S/C12H17NO3/c1-9(2)16-8-12(15)13-7-10-5-3-4-6-11(10)14/h3-6,9,14H,7-8H2,1-2H3,(H,13,15). The zero-order valence-electron chi connectivity index (χ0n) is 9.56. The van der Waals surface area contributed by atoms with Gasteiger partial charge in [-0.2, -0.15) is 0 Å². The Labute approximate surface area is 95.2 Å². The summed E-state index contributed by atoms with van der Waals surface area (Å²) >= 11 is 0. The molecule has 1 aromatic carbocycles. The van der Waals surface area contributed by atoms with Crippen molar-refractivity contribution in [2.75, 3.05) is 6.61 Å². The molecule has 1 aromatic rings. The second-order valence-corrected chi connectivity index (χ2v) is 3.77. The molecule has 0 radical (unpaired) electrons. The number of hydrogen-bond acceptors (Lipinski definition) is 3. The van der Waals surface area contributed by atoms with E-state index in [-0.39, 0.29) is 24.4 Å². The third-order valence-corrected chi connectivity index (χ3v) is 2.02. The monoisotopic (exact) mass is 223 g/mol. The lowest BCUT2D eigenvalue weighted by molar-refractivity contribution is -0.127. The van der Waals surface area contributed by atoms with E-state index in [1.807, 2.05) is 19.9 Å². The molecule has 88 valence electrons. The van der Waals surface area contributed by atoms with Gasteiger partial charge >= 0.3 is 0 Å². The Morgan fingerprint density at radius 3 is 2.75 bits per heavy atom. The minimum Gasteiger partial charge on any atom is -0.508 e. The normalized spacial score (nSPS) is 10.4. The van der Waals surface area contributed by atoms with E-state index in [0.717, 1.165) is 0 Å². The van der Waals surface area contributed by atoms with Crippen LogP contribution in [0, 0.1) is 0 Å². The molecule has 0 atom stereocenters. The number of aromatic hydroxyl groups is 1. The van der Waals surface area contributed by atoms with Crippen LogP contribution in [0.15, 0.2) is 24.3 Å². The van der Waals surface area contributed by atoms with Gasteiger partial charge in [0, 0.05) is 12.1 Å². The fraction of sp³-hybridized carbons (Fsp3) is 0.417. The number of para-hydroxylation sites is 1. The molecule has 0 aliphatic rings. The summed E-state index contributed by atoms with van der Waals surface area (Å²) in [6.45, 7) is 4.10. The second kappa shape index (κ2) is 6.12. The summed E-state index contributed by atoms with van der Waals surface area (Å²) < 4.78 is 5.15. The van der Waals surface area contributed by atoms with Crippen LogP contribution >= 0.6 is 0 Å². The SMILES string of the molecule is CC(C)OCC(=O)NCc1ccccc1O. The molecular weight excluding hydrogens is 206 g/mol. The predicted molar refractivity (Wildman–Crippen MR) is 61.0 cm³/mol. The largest absolute Gasteiger partial charge is 0.508 e. The first-order valence-electron chi connectivity index (χ1n) is 5.24. The summed E-state index contributed by atoms with van der Waals surface area (Å²) in [5.74, 6) is 0.00420. The molecule has 4 heteroatoms. The van der Waals surface area contributed by atoms with Crippen LogP contribution in [0.2, 0.25) is 0 Å². The number of phenolic OH excluding ortho intramolecular Hbond substituents is 1. The van der Waals surface area contributed by atoms with Crippen molar-refractivity contribution in [3.8, 4) is 5.75 Å². The second-order valence-electron chi connectivity index (χ2n) is 3.77. The Morgan fingerprint density at radius 1 is 1.44 bits per heavy atom. The first-order valence-corrected chi connectivity index (χ1v) is 5.24. The van der Waals surface area contributed by atoms with E-state index < -0.39 is 0 Å². The van der Waals surface area contributed by atoms with Gasteiger partial charge in [0.05, 0.1) is 6.10 Å². The first kappa shape index (κ1) is 12.5. The van der Waals surface area contributed by atoms with Gasteiger partial charge in [-0.3, -0.25) is 4.79 Å². The zero-order valence-corrected chi connectivity index (χ0v) is 9.56. The van der Waals surface area contributed by atoms with Crippen LogP contribution in [0.1, 0.15) is 19.4 Å². The molecule has 2 N–H and O–H groups in total. The van der Waals surface area contributed by atoms with Gasteiger partial charge in [0.1, 0.15) is 12.4 Å². The van der Waals surface area contributed by atoms with Crippen molar-refractivity contribution in [3.63, 3.8) is 0 Å². The van der Waals surface area contributed by atoms with Crippen LogP contribution in [-0.4, -0.2) is 23.7 Å². The molecular formula is C12H17NO3. The van der Waals surface area contributed by atoms with E-state index in [4.69, 9.17) is 4.74 Å². The van der Waals surface area contributed by atoms with Crippen LogP contribution < -0.4 is 5.32 Å². The van der Waals surface area contributed by atoms with Gasteiger partial charge in [-0.15, -0.1) is 0 Å². The molecule has 0 aromatic heterocycles. The highest BCUT2D eigenvalue weighted by Gasteiger charge is 2.04. The number of hydrogen-bond donors (Lipinski definition) is 2. The van der Waals surface area contributed by atoms with Crippen molar-refractivity contribution in [2.24, 2.45) is 0 Å². The van der Waals surface area contributed by atoms with E-state index in [2.05, 4.69) is 5.32 Å². The molecule has 0 aliphatic heterocycles. The number of rotatable bonds is 5. The van der Waals surface area contributed by atoms with Gasteiger partial charge < -0.3 is 15.2 Å². The zero-order chi connectivity index (χ0) is 12.0. The average Bonchev–Trinajstić information content (AvgIpc) is 2.25. The smallest absolute Gasteiger partial charge is 0.246 e. The minimum atomic E-state index is -0.183. The highest BCUT2D eigenvalue weighted by molar-refractivity contribution is 5.77. The molecule has 0 saturated carbocycles. The number of amides is 1. The number of benzene rings is 1. The van der Waals surface area contributed by atoms with Gasteiger partial charge in [-0.25, -0.2) is 0 Å². The molecule has 16 heavy (non-hydrogen) atoms. The molecule has 0 fully saturated rings. The molecule has 0 heterocycles. The maximum absolute atomic E-state index is 11.3. The van der Waals surface area contributed by atoms with Crippen molar-refractivity contribution in [1.82, 2.24) is 5.32 Å². The highest BCUT2D eigenvalue weighted by Crippen LogP contribution is 2.14. The Balaban J connectivity index is 2.35. The van der Waals surface area contributed by atoms with Crippen LogP contribution in [0.5, 0.6) is 5.75 Å². The van der Waals surface area contributed by atoms with Gasteiger partial charge in [0.2, 0.25) is 5.91 Å². The van der Waals surface area contributed by atoms with Gasteiger partial charge in [0.25, 0.3) is 0 Å². The summed E-state index contributed by atoms with van der Waals surface area (Å²) in [6, 6.07) is 6.90. The first-order chi connectivity index (χ1) is 7.59. The van der Waals surface area contributed by atoms with Crippen LogP contribution in [0.3, 0.4) is 0 Å². The molecule has 0 aliphatic carbocycles. The lowest BCUT2D eigenvalue weighted by Crippen LogP contribution is -2.28. The number of nitrogens with one attached hydrogen (secondary N) is 1. The third-order valence-electron chi connectivity index (χ3n) is 2.02. The number of carbonyl (C=O) groups excluding carboxylic acids is 1. The minimum absolute atomic E-state index is 0.0379. The molecule has 4 nitrogen and oxygen atoms in total.